The summed E-state index contributed by atoms with van der Waals surface area (Å²) in [4.78, 5) is 32.2. The van der Waals surface area contributed by atoms with Crippen LogP contribution in [0.25, 0.3) is 0 Å². The first-order valence-corrected chi connectivity index (χ1v) is 10.5. The lowest BCUT2D eigenvalue weighted by atomic mass is 10.0. The second kappa shape index (κ2) is 8.96. The highest BCUT2D eigenvalue weighted by atomic mass is 16.2. The molecule has 4 rings (SSSR count). The quantitative estimate of drug-likeness (QED) is 0.638. The molecule has 3 aromatic rings. The van der Waals surface area contributed by atoms with E-state index in [4.69, 9.17) is 4.99 Å². The van der Waals surface area contributed by atoms with Gasteiger partial charge >= 0.3 is 0 Å². The molecular weight excluding hydrogens is 386 g/mol. The van der Waals surface area contributed by atoms with Crippen molar-refractivity contribution in [2.45, 2.75) is 26.7 Å². The van der Waals surface area contributed by atoms with E-state index in [1.165, 1.54) is 10.5 Å². The number of amides is 2. The largest absolute Gasteiger partial charge is 0.325 e. The molecule has 31 heavy (non-hydrogen) atoms. The average Bonchev–Trinajstić information content (AvgIpc) is 2.90. The van der Waals surface area contributed by atoms with E-state index in [-0.39, 0.29) is 24.8 Å². The van der Waals surface area contributed by atoms with E-state index in [0.717, 1.165) is 17.5 Å². The molecule has 0 unspecified atom stereocenters. The van der Waals surface area contributed by atoms with Gasteiger partial charge in [0.15, 0.2) is 0 Å². The summed E-state index contributed by atoms with van der Waals surface area (Å²) in [6, 6.07) is 23.2. The molecule has 5 nitrogen and oxygen atoms in total. The summed E-state index contributed by atoms with van der Waals surface area (Å²) in [5, 5.41) is 2.89. The summed E-state index contributed by atoms with van der Waals surface area (Å²) in [5.41, 5.74) is 5.97. The van der Waals surface area contributed by atoms with Crippen LogP contribution in [0, 0.1) is 6.92 Å². The molecule has 0 saturated carbocycles. The van der Waals surface area contributed by atoms with Crippen LogP contribution in [0.4, 0.5) is 17.1 Å². The highest BCUT2D eigenvalue weighted by Gasteiger charge is 2.26. The van der Waals surface area contributed by atoms with Gasteiger partial charge in [0.25, 0.3) is 0 Å². The summed E-state index contributed by atoms with van der Waals surface area (Å²) < 4.78 is 0. The van der Waals surface area contributed by atoms with Gasteiger partial charge in [-0.05, 0) is 54.3 Å². The van der Waals surface area contributed by atoms with E-state index >= 15 is 0 Å². The number of aryl methyl sites for hydroxylation is 2. The maximum atomic E-state index is 13.2. The van der Waals surface area contributed by atoms with E-state index in [9.17, 15) is 9.59 Å². The molecule has 0 bridgehead atoms. The Morgan fingerprint density at radius 1 is 1.03 bits per heavy atom. The van der Waals surface area contributed by atoms with Crippen LogP contribution in [-0.4, -0.2) is 24.1 Å². The number of aliphatic imine (C=N–C) groups is 1. The first-order chi connectivity index (χ1) is 15.0. The third kappa shape index (κ3) is 4.72. The van der Waals surface area contributed by atoms with Gasteiger partial charge in [-0.2, -0.15) is 0 Å². The predicted molar refractivity (Wildman–Crippen MR) is 125 cm³/mol. The van der Waals surface area contributed by atoms with Crippen molar-refractivity contribution in [2.24, 2.45) is 4.99 Å². The van der Waals surface area contributed by atoms with E-state index < -0.39 is 0 Å². The van der Waals surface area contributed by atoms with Gasteiger partial charge < -0.3 is 10.2 Å². The fourth-order valence-electron chi connectivity index (χ4n) is 3.68. The number of para-hydroxylation sites is 2. The van der Waals surface area contributed by atoms with Crippen molar-refractivity contribution in [2.75, 3.05) is 16.8 Å². The number of anilines is 2. The lowest BCUT2D eigenvalue weighted by Crippen LogP contribution is -2.38. The van der Waals surface area contributed by atoms with Crippen molar-refractivity contribution in [3.8, 4) is 0 Å². The molecule has 5 heteroatoms. The third-order valence-corrected chi connectivity index (χ3v) is 5.35. The number of carbonyl (C=O) groups excluding carboxylic acids is 2. The molecule has 2 amide bonds. The van der Waals surface area contributed by atoms with Crippen molar-refractivity contribution >= 4 is 34.6 Å². The number of carbonyl (C=O) groups is 2. The Morgan fingerprint density at radius 2 is 1.81 bits per heavy atom. The number of nitrogens with zero attached hydrogens (tertiary/aromatic N) is 2. The number of rotatable bonds is 5. The van der Waals surface area contributed by atoms with Gasteiger partial charge in [0, 0.05) is 5.69 Å². The molecule has 1 aliphatic rings. The lowest BCUT2D eigenvalue weighted by Gasteiger charge is -2.22. The molecular formula is C26H25N3O2. The lowest BCUT2D eigenvalue weighted by molar-refractivity contribution is -0.120. The second-order valence-electron chi connectivity index (χ2n) is 7.67. The Kier molecular flexibility index (Phi) is 5.94. The van der Waals surface area contributed by atoms with Crippen molar-refractivity contribution in [3.63, 3.8) is 0 Å². The van der Waals surface area contributed by atoms with Gasteiger partial charge in [-0.15, -0.1) is 0 Å². The normalized spacial score (nSPS) is 13.3. The second-order valence-corrected chi connectivity index (χ2v) is 7.67. The van der Waals surface area contributed by atoms with Crippen LogP contribution in [0.15, 0.2) is 77.8 Å². The number of hydrogen-bond donors (Lipinski definition) is 1. The summed E-state index contributed by atoms with van der Waals surface area (Å²) in [6.45, 7) is 4.01. The molecule has 0 spiro atoms. The van der Waals surface area contributed by atoms with Crippen molar-refractivity contribution in [1.29, 1.82) is 0 Å². The smallest absolute Gasteiger partial charge is 0.244 e. The fourth-order valence-corrected chi connectivity index (χ4v) is 3.68. The standard InChI is InChI=1S/C26H25N3O2/c1-3-19-11-13-20(14-12-19)23-16-26(31)29(24-10-5-4-9-22(24)28-23)17-25(30)27-21-8-6-7-18(2)15-21/h4-15H,3,16-17H2,1-2H3,(H,27,30). The predicted octanol–water partition coefficient (Wildman–Crippen LogP) is 5.05. The molecule has 3 aromatic carbocycles. The van der Waals surface area contributed by atoms with Crippen LogP contribution >= 0.6 is 0 Å². The summed E-state index contributed by atoms with van der Waals surface area (Å²) in [7, 11) is 0. The van der Waals surface area contributed by atoms with Crippen molar-refractivity contribution < 1.29 is 9.59 Å². The molecule has 0 saturated heterocycles. The zero-order valence-electron chi connectivity index (χ0n) is 17.8. The van der Waals surface area contributed by atoms with Gasteiger partial charge in [-0.1, -0.05) is 55.5 Å². The van der Waals surface area contributed by atoms with Crippen molar-refractivity contribution in [3.05, 3.63) is 89.5 Å². The number of benzene rings is 3. The number of fused-ring (bicyclic) bond motifs is 1. The fraction of sp³-hybridized carbons (Fsp3) is 0.192. The molecule has 0 atom stereocenters. The zero-order chi connectivity index (χ0) is 21.8. The Bertz CT molecular complexity index is 1150. The Hall–Kier alpha value is -3.73. The number of hydrogen-bond acceptors (Lipinski definition) is 3. The minimum absolute atomic E-state index is 0.0681. The highest BCUT2D eigenvalue weighted by Crippen LogP contribution is 2.33. The Morgan fingerprint density at radius 3 is 2.55 bits per heavy atom. The Labute approximate surface area is 182 Å². The van der Waals surface area contributed by atoms with Crippen LogP contribution in [0.1, 0.15) is 30.0 Å². The molecule has 1 N–H and O–H groups in total. The van der Waals surface area contributed by atoms with E-state index in [1.54, 1.807) is 0 Å². The minimum Gasteiger partial charge on any atom is -0.325 e. The summed E-state index contributed by atoms with van der Waals surface area (Å²) in [6.07, 6.45) is 1.09. The molecule has 0 fully saturated rings. The zero-order valence-corrected chi connectivity index (χ0v) is 17.8. The van der Waals surface area contributed by atoms with Crippen LogP contribution in [0.3, 0.4) is 0 Å². The van der Waals surface area contributed by atoms with Crippen LogP contribution < -0.4 is 10.2 Å². The van der Waals surface area contributed by atoms with Crippen molar-refractivity contribution in [1.82, 2.24) is 0 Å². The molecule has 0 aliphatic carbocycles. The number of nitrogens with one attached hydrogen (secondary N) is 1. The SMILES string of the molecule is CCc1ccc(C2=Nc3ccccc3N(CC(=O)Nc3cccc(C)c3)C(=O)C2)cc1. The summed E-state index contributed by atoms with van der Waals surface area (Å²) >= 11 is 0. The maximum absolute atomic E-state index is 13.2. The summed E-state index contributed by atoms with van der Waals surface area (Å²) in [5.74, 6) is -0.396. The molecule has 0 aromatic heterocycles. The van der Waals surface area contributed by atoms with E-state index in [2.05, 4.69) is 24.4 Å². The van der Waals surface area contributed by atoms with Gasteiger partial charge in [-0.3, -0.25) is 14.6 Å². The molecule has 156 valence electrons. The van der Waals surface area contributed by atoms with Gasteiger partial charge in [0.2, 0.25) is 11.8 Å². The topological polar surface area (TPSA) is 61.8 Å². The first kappa shape index (κ1) is 20.5. The van der Waals surface area contributed by atoms with Gasteiger partial charge in [0.1, 0.15) is 6.54 Å². The van der Waals surface area contributed by atoms with Gasteiger partial charge in [0.05, 0.1) is 23.5 Å². The average molecular weight is 412 g/mol. The van der Waals surface area contributed by atoms with Gasteiger partial charge in [-0.25, -0.2) is 0 Å². The minimum atomic E-state index is -0.246. The third-order valence-electron chi connectivity index (χ3n) is 5.35. The van der Waals surface area contributed by atoms with Crippen LogP contribution in [0.5, 0.6) is 0 Å². The monoisotopic (exact) mass is 411 g/mol. The Balaban J connectivity index is 1.60. The molecule has 1 aliphatic heterocycles. The first-order valence-electron chi connectivity index (χ1n) is 10.5. The maximum Gasteiger partial charge on any atom is 0.244 e. The highest BCUT2D eigenvalue weighted by molar-refractivity contribution is 6.19. The van der Waals surface area contributed by atoms with E-state index in [1.807, 2.05) is 67.6 Å². The molecule has 1 heterocycles. The van der Waals surface area contributed by atoms with Crippen LogP contribution in [0.2, 0.25) is 0 Å². The van der Waals surface area contributed by atoms with E-state index in [0.29, 0.717) is 22.8 Å². The molecule has 0 radical (unpaired) electrons. The van der Waals surface area contributed by atoms with Crippen LogP contribution in [-0.2, 0) is 16.0 Å².